The summed E-state index contributed by atoms with van der Waals surface area (Å²) in [5, 5.41) is 0. The van der Waals surface area contributed by atoms with E-state index in [0.717, 1.165) is 28.1 Å². The number of methoxy groups -OCH3 is 1. The summed E-state index contributed by atoms with van der Waals surface area (Å²) in [6.45, 7) is 4.04. The quantitative estimate of drug-likeness (QED) is 0.589. The number of ether oxygens (including phenoxy) is 1. The summed E-state index contributed by atoms with van der Waals surface area (Å²) in [4.78, 5) is 15.1. The normalized spacial score (nSPS) is 16.1. The average molecular weight is 355 g/mol. The van der Waals surface area contributed by atoms with E-state index in [0.29, 0.717) is 9.23 Å². The van der Waals surface area contributed by atoms with E-state index in [4.69, 9.17) is 17.0 Å². The molecule has 1 aliphatic heterocycles. The molecule has 0 bridgehead atoms. The molecule has 1 amide bonds. The monoisotopic (exact) mass is 355 g/mol. The second kappa shape index (κ2) is 6.79. The van der Waals surface area contributed by atoms with Crippen molar-refractivity contribution in [1.82, 2.24) is 0 Å². The van der Waals surface area contributed by atoms with Gasteiger partial charge in [-0.2, -0.15) is 0 Å². The zero-order chi connectivity index (χ0) is 17.3. The molecule has 1 saturated heterocycles. The van der Waals surface area contributed by atoms with Crippen molar-refractivity contribution >= 4 is 46.0 Å². The Morgan fingerprint density at radius 1 is 1.12 bits per heavy atom. The number of nitrogens with zero attached hydrogens (tertiary/aromatic N) is 1. The predicted molar refractivity (Wildman–Crippen MR) is 105 cm³/mol. The van der Waals surface area contributed by atoms with E-state index in [1.54, 1.807) is 12.0 Å². The lowest BCUT2D eigenvalue weighted by atomic mass is 10.1. The van der Waals surface area contributed by atoms with E-state index in [1.165, 1.54) is 11.8 Å². The van der Waals surface area contributed by atoms with Crippen molar-refractivity contribution in [2.24, 2.45) is 0 Å². The predicted octanol–water partition coefficient (Wildman–Crippen LogP) is 4.72. The van der Waals surface area contributed by atoms with Gasteiger partial charge in [-0.25, -0.2) is 0 Å². The van der Waals surface area contributed by atoms with Gasteiger partial charge in [-0.1, -0.05) is 48.2 Å². The number of thiocarbonyl (C=S) groups is 1. The van der Waals surface area contributed by atoms with Gasteiger partial charge in [0.1, 0.15) is 5.75 Å². The Morgan fingerprint density at radius 3 is 2.50 bits per heavy atom. The van der Waals surface area contributed by atoms with Crippen molar-refractivity contribution in [1.29, 1.82) is 0 Å². The first-order valence-corrected chi connectivity index (χ1v) is 8.72. The largest absolute Gasteiger partial charge is 0.497 e. The number of benzene rings is 2. The third-order valence-corrected chi connectivity index (χ3v) is 5.33. The van der Waals surface area contributed by atoms with E-state index >= 15 is 0 Å². The van der Waals surface area contributed by atoms with Crippen molar-refractivity contribution in [3.05, 3.63) is 64.1 Å². The van der Waals surface area contributed by atoms with Crippen LogP contribution in [0.3, 0.4) is 0 Å². The second-order valence-electron chi connectivity index (χ2n) is 5.51. The van der Waals surface area contributed by atoms with Crippen LogP contribution in [0.2, 0.25) is 0 Å². The summed E-state index contributed by atoms with van der Waals surface area (Å²) in [7, 11) is 1.63. The number of carbonyl (C=O) groups is 1. The first kappa shape index (κ1) is 16.7. The number of hydrogen-bond donors (Lipinski definition) is 0. The third kappa shape index (κ3) is 3.09. The molecule has 0 saturated carbocycles. The van der Waals surface area contributed by atoms with Gasteiger partial charge in [0.25, 0.3) is 5.91 Å². The van der Waals surface area contributed by atoms with E-state index in [-0.39, 0.29) is 5.91 Å². The molecule has 0 spiro atoms. The summed E-state index contributed by atoms with van der Waals surface area (Å²) in [6, 6.07) is 13.5. The third-order valence-electron chi connectivity index (χ3n) is 4.02. The topological polar surface area (TPSA) is 29.5 Å². The van der Waals surface area contributed by atoms with Gasteiger partial charge in [0.05, 0.1) is 17.7 Å². The number of anilines is 1. The molecule has 0 unspecified atom stereocenters. The highest BCUT2D eigenvalue weighted by atomic mass is 32.2. The number of carbonyl (C=O) groups excluding carboxylic acids is 1. The van der Waals surface area contributed by atoms with E-state index in [2.05, 4.69) is 0 Å². The Bertz CT molecular complexity index is 841. The highest BCUT2D eigenvalue weighted by Gasteiger charge is 2.34. The van der Waals surface area contributed by atoms with Crippen LogP contribution in [0.25, 0.3) is 6.08 Å². The minimum absolute atomic E-state index is 0.0745. The first-order valence-electron chi connectivity index (χ1n) is 7.49. The number of rotatable bonds is 3. The summed E-state index contributed by atoms with van der Waals surface area (Å²) in [5.41, 5.74) is 4.01. The molecule has 0 aromatic heterocycles. The van der Waals surface area contributed by atoms with Crippen LogP contribution < -0.4 is 9.64 Å². The molecule has 2 aromatic carbocycles. The minimum atomic E-state index is -0.0745. The zero-order valence-corrected chi connectivity index (χ0v) is 15.3. The van der Waals surface area contributed by atoms with Crippen LogP contribution in [0, 0.1) is 13.8 Å². The van der Waals surface area contributed by atoms with Gasteiger partial charge in [-0.3, -0.25) is 9.69 Å². The molecule has 1 aliphatic rings. The Balaban J connectivity index is 1.93. The molecule has 0 N–H and O–H groups in total. The van der Waals surface area contributed by atoms with Crippen LogP contribution >= 0.6 is 24.0 Å². The van der Waals surface area contributed by atoms with Crippen LogP contribution in [-0.4, -0.2) is 17.3 Å². The SMILES string of the molecule is COc1ccc(/C=C2\SC(=S)N(c3cccc(C)c3C)C2=O)cc1. The fraction of sp³-hybridized carbons (Fsp3) is 0.158. The zero-order valence-electron chi connectivity index (χ0n) is 13.7. The number of amides is 1. The van der Waals surface area contributed by atoms with Crippen molar-refractivity contribution in [3.63, 3.8) is 0 Å². The Labute approximate surface area is 151 Å². The molecule has 3 rings (SSSR count). The van der Waals surface area contributed by atoms with Gasteiger partial charge in [0.15, 0.2) is 4.32 Å². The summed E-state index contributed by atoms with van der Waals surface area (Å²) < 4.78 is 5.72. The van der Waals surface area contributed by atoms with Gasteiger partial charge in [-0.15, -0.1) is 0 Å². The minimum Gasteiger partial charge on any atom is -0.497 e. The van der Waals surface area contributed by atoms with Crippen LogP contribution in [-0.2, 0) is 4.79 Å². The van der Waals surface area contributed by atoms with Crippen LogP contribution in [0.5, 0.6) is 5.75 Å². The van der Waals surface area contributed by atoms with Gasteiger partial charge >= 0.3 is 0 Å². The number of aryl methyl sites for hydroxylation is 1. The average Bonchev–Trinajstić information content (AvgIpc) is 2.85. The van der Waals surface area contributed by atoms with Gasteiger partial charge in [0.2, 0.25) is 0 Å². The van der Waals surface area contributed by atoms with Crippen LogP contribution in [0.4, 0.5) is 5.69 Å². The second-order valence-corrected chi connectivity index (χ2v) is 7.19. The maximum absolute atomic E-state index is 12.8. The standard InChI is InChI=1S/C19H17NO2S2/c1-12-5-4-6-16(13(12)2)20-18(21)17(24-19(20)23)11-14-7-9-15(22-3)10-8-14/h4-11H,1-3H3/b17-11-. The summed E-state index contributed by atoms with van der Waals surface area (Å²) in [6.07, 6.45) is 1.86. The highest BCUT2D eigenvalue weighted by molar-refractivity contribution is 8.27. The first-order chi connectivity index (χ1) is 11.5. The summed E-state index contributed by atoms with van der Waals surface area (Å²) in [5.74, 6) is 0.713. The lowest BCUT2D eigenvalue weighted by Gasteiger charge is -2.18. The molecule has 3 nitrogen and oxygen atoms in total. The maximum atomic E-state index is 12.8. The molecule has 0 aliphatic carbocycles. The van der Waals surface area contributed by atoms with Crippen molar-refractivity contribution in [3.8, 4) is 5.75 Å². The highest BCUT2D eigenvalue weighted by Crippen LogP contribution is 2.37. The van der Waals surface area contributed by atoms with E-state index in [9.17, 15) is 4.79 Å². The molecule has 1 heterocycles. The Morgan fingerprint density at radius 2 is 1.83 bits per heavy atom. The van der Waals surface area contributed by atoms with E-state index < -0.39 is 0 Å². The van der Waals surface area contributed by atoms with Crippen molar-refractivity contribution < 1.29 is 9.53 Å². The lowest BCUT2D eigenvalue weighted by molar-refractivity contribution is -0.113. The van der Waals surface area contributed by atoms with Gasteiger partial charge in [-0.05, 0) is 54.8 Å². The molecule has 24 heavy (non-hydrogen) atoms. The fourth-order valence-electron chi connectivity index (χ4n) is 2.50. The Kier molecular flexibility index (Phi) is 4.73. The number of hydrogen-bond acceptors (Lipinski definition) is 4. The molecular weight excluding hydrogens is 338 g/mol. The molecule has 0 atom stereocenters. The van der Waals surface area contributed by atoms with Crippen LogP contribution in [0.1, 0.15) is 16.7 Å². The van der Waals surface area contributed by atoms with E-state index in [1.807, 2.05) is 62.4 Å². The van der Waals surface area contributed by atoms with Gasteiger partial charge in [0, 0.05) is 0 Å². The molecule has 5 heteroatoms. The van der Waals surface area contributed by atoms with Crippen molar-refractivity contribution in [2.45, 2.75) is 13.8 Å². The molecule has 122 valence electrons. The number of thioether (sulfide) groups is 1. The van der Waals surface area contributed by atoms with Crippen LogP contribution in [0.15, 0.2) is 47.4 Å². The summed E-state index contributed by atoms with van der Waals surface area (Å²) >= 11 is 6.78. The Hall–Kier alpha value is -2.11. The molecule has 1 fully saturated rings. The lowest BCUT2D eigenvalue weighted by Crippen LogP contribution is -2.28. The fourth-order valence-corrected chi connectivity index (χ4v) is 3.79. The maximum Gasteiger partial charge on any atom is 0.270 e. The molecule has 0 radical (unpaired) electrons. The molecular formula is C19H17NO2S2. The molecule has 2 aromatic rings. The smallest absolute Gasteiger partial charge is 0.270 e. The van der Waals surface area contributed by atoms with Gasteiger partial charge < -0.3 is 4.74 Å². The van der Waals surface area contributed by atoms with Crippen molar-refractivity contribution in [2.75, 3.05) is 12.0 Å².